The summed E-state index contributed by atoms with van der Waals surface area (Å²) in [6, 6.07) is 11.6. The van der Waals surface area contributed by atoms with Crippen molar-refractivity contribution in [2.24, 2.45) is 0 Å². The largest absolute Gasteiger partial charge is 0.351 e. The SMILES string of the molecule is O=C1Cc2cc(Br)ccc2N1.O=C1Nc2ccc(Br)cc2C1=Cc1[nH]c(C(=O)NCCCN2CCCC2)c2c1CCCC2. The van der Waals surface area contributed by atoms with E-state index in [1.807, 2.05) is 42.5 Å². The number of carbonyl (C=O) groups is 3. The topological polar surface area (TPSA) is 106 Å². The lowest BCUT2D eigenvalue weighted by atomic mass is 9.91. The number of carbonyl (C=O) groups excluding carboxylic acids is 3. The fraction of sp³-hybridized carbons (Fsp3) is 0.364. The van der Waals surface area contributed by atoms with Crippen molar-refractivity contribution in [1.29, 1.82) is 0 Å². The molecule has 1 saturated heterocycles. The highest BCUT2D eigenvalue weighted by Crippen LogP contribution is 2.37. The van der Waals surface area contributed by atoms with Gasteiger partial charge in [0.05, 0.1) is 12.0 Å². The quantitative estimate of drug-likeness (QED) is 0.178. The molecule has 0 spiro atoms. The number of anilines is 2. The molecule has 224 valence electrons. The van der Waals surface area contributed by atoms with Crippen molar-refractivity contribution in [3.05, 3.63) is 79.0 Å². The minimum atomic E-state index is -0.106. The number of nitrogens with one attached hydrogen (secondary N) is 4. The minimum Gasteiger partial charge on any atom is -0.351 e. The summed E-state index contributed by atoms with van der Waals surface area (Å²) in [6.07, 6.45) is 10.0. The van der Waals surface area contributed by atoms with E-state index >= 15 is 0 Å². The normalized spacial score (nSPS) is 18.0. The number of amides is 3. The molecule has 1 fully saturated rings. The number of likely N-dealkylation sites (tertiary alicyclic amines) is 1. The summed E-state index contributed by atoms with van der Waals surface area (Å²) < 4.78 is 1.95. The van der Waals surface area contributed by atoms with Gasteiger partial charge in [0.1, 0.15) is 5.69 Å². The van der Waals surface area contributed by atoms with E-state index in [-0.39, 0.29) is 17.7 Å². The highest BCUT2D eigenvalue weighted by molar-refractivity contribution is 9.10. The molecule has 1 aliphatic carbocycles. The number of hydrogen-bond acceptors (Lipinski definition) is 4. The van der Waals surface area contributed by atoms with E-state index in [1.54, 1.807) is 0 Å². The number of fused-ring (bicyclic) bond motifs is 3. The van der Waals surface area contributed by atoms with Crippen LogP contribution in [0.15, 0.2) is 45.3 Å². The van der Waals surface area contributed by atoms with Crippen LogP contribution in [0.1, 0.15) is 70.5 Å². The van der Waals surface area contributed by atoms with Crippen molar-refractivity contribution in [2.75, 3.05) is 36.8 Å². The number of nitrogens with zero attached hydrogens (tertiary/aromatic N) is 1. The number of H-pyrrole nitrogens is 1. The van der Waals surface area contributed by atoms with E-state index in [0.717, 1.165) is 81.4 Å². The van der Waals surface area contributed by atoms with E-state index in [1.165, 1.54) is 31.5 Å². The van der Waals surface area contributed by atoms with Gasteiger partial charge in [-0.3, -0.25) is 14.4 Å². The second-order valence-corrected chi connectivity index (χ2v) is 13.3. The van der Waals surface area contributed by atoms with Gasteiger partial charge < -0.3 is 25.8 Å². The summed E-state index contributed by atoms with van der Waals surface area (Å²) in [5.41, 5.74) is 8.21. The molecular weight excluding hydrogens is 674 g/mol. The van der Waals surface area contributed by atoms with E-state index in [2.05, 4.69) is 57.7 Å². The molecule has 0 bridgehead atoms. The Balaban J connectivity index is 0.000000250. The number of rotatable bonds is 6. The molecule has 3 amide bonds. The molecule has 0 radical (unpaired) electrons. The first-order valence-electron chi connectivity index (χ1n) is 15.0. The summed E-state index contributed by atoms with van der Waals surface area (Å²) in [5.74, 6) is -0.0588. The van der Waals surface area contributed by atoms with Gasteiger partial charge in [-0.1, -0.05) is 31.9 Å². The van der Waals surface area contributed by atoms with Gasteiger partial charge in [0.2, 0.25) is 5.91 Å². The van der Waals surface area contributed by atoms with Crippen LogP contribution in [-0.2, 0) is 28.9 Å². The zero-order chi connectivity index (χ0) is 29.9. The van der Waals surface area contributed by atoms with Crippen LogP contribution in [0.4, 0.5) is 11.4 Å². The summed E-state index contributed by atoms with van der Waals surface area (Å²) in [7, 11) is 0. The summed E-state index contributed by atoms with van der Waals surface area (Å²) in [5, 5.41) is 8.81. The maximum Gasteiger partial charge on any atom is 0.268 e. The molecule has 10 heteroatoms. The van der Waals surface area contributed by atoms with Gasteiger partial charge in [0.15, 0.2) is 0 Å². The highest BCUT2D eigenvalue weighted by atomic mass is 79.9. The summed E-state index contributed by atoms with van der Waals surface area (Å²) in [6.45, 7) is 4.10. The molecular formula is C33H35Br2N5O3. The zero-order valence-corrected chi connectivity index (χ0v) is 27.1. The minimum absolute atomic E-state index is 0.0340. The Hall–Kier alpha value is -3.21. The van der Waals surface area contributed by atoms with Crippen LogP contribution in [0.25, 0.3) is 11.6 Å². The fourth-order valence-electron chi connectivity index (χ4n) is 6.33. The number of aromatic amines is 1. The van der Waals surface area contributed by atoms with E-state index in [0.29, 0.717) is 24.2 Å². The average Bonchev–Trinajstić information content (AvgIpc) is 3.78. The molecule has 4 aliphatic rings. The molecule has 2 aromatic carbocycles. The Kier molecular flexibility index (Phi) is 9.16. The van der Waals surface area contributed by atoms with E-state index in [9.17, 15) is 14.4 Å². The Morgan fingerprint density at radius 3 is 2.42 bits per heavy atom. The Bertz CT molecular complexity index is 1610. The van der Waals surface area contributed by atoms with Crippen LogP contribution in [-0.4, -0.2) is 53.8 Å². The smallest absolute Gasteiger partial charge is 0.268 e. The van der Waals surface area contributed by atoms with Crippen molar-refractivity contribution in [3.8, 4) is 0 Å². The molecule has 0 atom stereocenters. The van der Waals surface area contributed by atoms with Crippen LogP contribution < -0.4 is 16.0 Å². The Labute approximate surface area is 268 Å². The standard InChI is InChI=1S/C25H29BrN4O2.C8H6BrNO/c26-16-8-9-21-19(14-16)20(24(31)29-21)15-22-17-6-1-2-7-18(17)23(28-22)25(32)27-10-5-13-30-11-3-4-12-30;9-6-1-2-7-5(3-6)4-8(11)10-7/h8-9,14-15,28H,1-7,10-13H2,(H,27,32)(H,29,31);1-3H,4H2,(H,10,11). The van der Waals surface area contributed by atoms with Gasteiger partial charge in [-0.15, -0.1) is 0 Å². The molecule has 3 aromatic rings. The number of hydrogen-bond donors (Lipinski definition) is 4. The van der Waals surface area contributed by atoms with Gasteiger partial charge in [-0.2, -0.15) is 0 Å². The molecule has 43 heavy (non-hydrogen) atoms. The molecule has 4 N–H and O–H groups in total. The van der Waals surface area contributed by atoms with E-state index in [4.69, 9.17) is 0 Å². The zero-order valence-electron chi connectivity index (χ0n) is 24.0. The molecule has 0 unspecified atom stereocenters. The molecule has 0 saturated carbocycles. The lowest BCUT2D eigenvalue weighted by Crippen LogP contribution is -2.29. The van der Waals surface area contributed by atoms with Crippen LogP contribution in [0, 0.1) is 0 Å². The summed E-state index contributed by atoms with van der Waals surface area (Å²) >= 11 is 6.85. The number of halogens is 2. The second-order valence-electron chi connectivity index (χ2n) is 11.5. The van der Waals surface area contributed by atoms with E-state index < -0.39 is 0 Å². The van der Waals surface area contributed by atoms with Crippen molar-refractivity contribution < 1.29 is 14.4 Å². The first kappa shape index (κ1) is 29.8. The van der Waals surface area contributed by atoms with Gasteiger partial charge in [-0.05, 0) is 124 Å². The Morgan fingerprint density at radius 2 is 1.63 bits per heavy atom. The molecule has 1 aromatic heterocycles. The predicted molar refractivity (Wildman–Crippen MR) is 177 cm³/mol. The van der Waals surface area contributed by atoms with Crippen LogP contribution >= 0.6 is 31.9 Å². The molecule has 7 rings (SSSR count). The Morgan fingerprint density at radius 1 is 0.907 bits per heavy atom. The van der Waals surface area contributed by atoms with Crippen LogP contribution in [0.5, 0.6) is 0 Å². The van der Waals surface area contributed by atoms with Crippen LogP contribution in [0.3, 0.4) is 0 Å². The maximum atomic E-state index is 13.0. The third kappa shape index (κ3) is 6.81. The highest BCUT2D eigenvalue weighted by Gasteiger charge is 2.28. The van der Waals surface area contributed by atoms with Gasteiger partial charge in [0.25, 0.3) is 11.8 Å². The molecule has 8 nitrogen and oxygen atoms in total. The van der Waals surface area contributed by atoms with Crippen molar-refractivity contribution >= 4 is 72.6 Å². The fourth-order valence-corrected chi connectivity index (χ4v) is 7.10. The summed E-state index contributed by atoms with van der Waals surface area (Å²) in [4.78, 5) is 42.4. The molecule has 4 heterocycles. The number of benzene rings is 2. The first-order chi connectivity index (χ1) is 20.9. The molecule has 3 aliphatic heterocycles. The van der Waals surface area contributed by atoms with Gasteiger partial charge in [-0.25, -0.2) is 0 Å². The third-order valence-corrected chi connectivity index (χ3v) is 9.45. The van der Waals surface area contributed by atoms with Crippen molar-refractivity contribution in [1.82, 2.24) is 15.2 Å². The lowest BCUT2D eigenvalue weighted by Gasteiger charge is -2.15. The average molecular weight is 709 g/mol. The van der Waals surface area contributed by atoms with Gasteiger partial charge >= 0.3 is 0 Å². The van der Waals surface area contributed by atoms with Crippen LogP contribution in [0.2, 0.25) is 0 Å². The van der Waals surface area contributed by atoms with Gasteiger partial charge in [0, 0.05) is 38.1 Å². The third-order valence-electron chi connectivity index (χ3n) is 8.46. The maximum absolute atomic E-state index is 13.0. The first-order valence-corrected chi connectivity index (χ1v) is 16.6. The van der Waals surface area contributed by atoms with Crippen molar-refractivity contribution in [2.45, 2.75) is 51.4 Å². The lowest BCUT2D eigenvalue weighted by molar-refractivity contribution is -0.115. The monoisotopic (exact) mass is 707 g/mol. The predicted octanol–water partition coefficient (Wildman–Crippen LogP) is 6.31. The van der Waals surface area contributed by atoms with Crippen molar-refractivity contribution in [3.63, 3.8) is 0 Å². The number of aromatic nitrogens is 1. The second kappa shape index (κ2) is 13.2.